The molecule has 2 amide bonds. The largest absolute Gasteiger partial charge is 0.353 e. The number of thiophene rings is 1. The molecule has 0 unspecified atom stereocenters. The number of anilines is 2. The fraction of sp³-hybridized carbons (Fsp3) is 0.550. The lowest BCUT2D eigenvalue weighted by Gasteiger charge is -2.24. The number of hydrogen-bond donors (Lipinski definition) is 4. The molecule has 0 bridgehead atoms. The number of aryl methyl sites for hydroxylation is 1. The summed E-state index contributed by atoms with van der Waals surface area (Å²) in [6, 6.07) is 0.218. The zero-order valence-electron chi connectivity index (χ0n) is 15.7. The summed E-state index contributed by atoms with van der Waals surface area (Å²) < 4.78 is 0. The molecule has 2 aromatic heterocycles. The topological polar surface area (TPSA) is 98.9 Å². The summed E-state index contributed by atoms with van der Waals surface area (Å²) in [5.41, 5.74) is 1.76. The van der Waals surface area contributed by atoms with Crippen molar-refractivity contribution in [2.24, 2.45) is 11.8 Å². The number of carbonyl (C=O) groups is 2. The quantitative estimate of drug-likeness (QED) is 0.575. The van der Waals surface area contributed by atoms with E-state index in [0.717, 1.165) is 55.2 Å². The predicted octanol–water partition coefficient (Wildman–Crippen LogP) is 2.93. The molecule has 2 saturated carbocycles. The van der Waals surface area contributed by atoms with Gasteiger partial charge in [-0.1, -0.05) is 0 Å². The average Bonchev–Trinajstić information content (AvgIpc) is 3.61. The van der Waals surface area contributed by atoms with Gasteiger partial charge in [-0.15, -0.1) is 11.3 Å². The zero-order chi connectivity index (χ0) is 19.1. The summed E-state index contributed by atoms with van der Waals surface area (Å²) >= 11 is 1.58. The van der Waals surface area contributed by atoms with Crippen molar-refractivity contribution < 1.29 is 9.59 Å². The number of aromatic nitrogens is 2. The number of rotatable bonds is 7. The highest BCUT2D eigenvalue weighted by Gasteiger charge is 2.34. The monoisotopic (exact) mass is 399 g/mol. The number of fused-ring (bicyclic) bond motifs is 1. The second-order valence-electron chi connectivity index (χ2n) is 8.15. The highest BCUT2D eigenvalue weighted by Crippen LogP contribution is 2.40. The maximum absolute atomic E-state index is 13.0. The number of hydrogen-bond acceptors (Lipinski definition) is 5. The van der Waals surface area contributed by atoms with Gasteiger partial charge >= 0.3 is 0 Å². The minimum atomic E-state index is -0.0471. The highest BCUT2D eigenvalue weighted by atomic mass is 32.1. The Labute approximate surface area is 167 Å². The van der Waals surface area contributed by atoms with Crippen LogP contribution in [-0.2, 0) is 17.6 Å². The van der Waals surface area contributed by atoms with E-state index >= 15 is 0 Å². The van der Waals surface area contributed by atoms with E-state index in [1.54, 1.807) is 23.7 Å². The molecule has 8 heteroatoms. The maximum Gasteiger partial charge on any atom is 0.254 e. The Kier molecular flexibility index (Phi) is 4.58. The highest BCUT2D eigenvalue weighted by molar-refractivity contribution is 7.17. The van der Waals surface area contributed by atoms with Gasteiger partial charge < -0.3 is 20.9 Å². The minimum Gasteiger partial charge on any atom is -0.353 e. The number of carbonyl (C=O) groups excluding carboxylic acids is 2. The number of aromatic amines is 1. The summed E-state index contributed by atoms with van der Waals surface area (Å²) in [4.78, 5) is 33.9. The lowest BCUT2D eigenvalue weighted by Crippen LogP contribution is -2.31. The van der Waals surface area contributed by atoms with Crippen LogP contribution in [0.1, 0.15) is 52.9 Å². The Balaban J connectivity index is 1.39. The van der Waals surface area contributed by atoms with Gasteiger partial charge in [0.15, 0.2) is 5.95 Å². The molecule has 0 radical (unpaired) electrons. The van der Waals surface area contributed by atoms with Crippen molar-refractivity contribution in [1.82, 2.24) is 15.3 Å². The van der Waals surface area contributed by atoms with E-state index < -0.39 is 0 Å². The van der Waals surface area contributed by atoms with Crippen molar-refractivity contribution in [2.45, 2.75) is 51.0 Å². The number of amides is 2. The van der Waals surface area contributed by atoms with Crippen LogP contribution in [0, 0.1) is 11.8 Å². The first-order valence-corrected chi connectivity index (χ1v) is 11.0. The number of nitrogens with zero attached hydrogens (tertiary/aromatic N) is 1. The van der Waals surface area contributed by atoms with Gasteiger partial charge in [-0.3, -0.25) is 9.59 Å². The van der Waals surface area contributed by atoms with E-state index in [0.29, 0.717) is 11.5 Å². The lowest BCUT2D eigenvalue weighted by atomic mass is 9.91. The van der Waals surface area contributed by atoms with Gasteiger partial charge in [-0.05, 0) is 56.4 Å². The molecule has 0 spiro atoms. The van der Waals surface area contributed by atoms with Crippen molar-refractivity contribution in [3.8, 4) is 0 Å². The average molecular weight is 400 g/mol. The third kappa shape index (κ3) is 3.78. The second-order valence-corrected chi connectivity index (χ2v) is 9.25. The predicted molar refractivity (Wildman–Crippen MR) is 109 cm³/mol. The van der Waals surface area contributed by atoms with Crippen LogP contribution in [0.4, 0.5) is 10.9 Å². The first kappa shape index (κ1) is 17.7. The van der Waals surface area contributed by atoms with Crippen molar-refractivity contribution in [2.75, 3.05) is 17.2 Å². The molecule has 148 valence electrons. The van der Waals surface area contributed by atoms with Gasteiger partial charge in [0.25, 0.3) is 5.91 Å². The smallest absolute Gasteiger partial charge is 0.254 e. The molecule has 3 aliphatic rings. The lowest BCUT2D eigenvalue weighted by molar-refractivity contribution is -0.117. The van der Waals surface area contributed by atoms with Crippen LogP contribution < -0.4 is 16.0 Å². The molecule has 0 aromatic carbocycles. The molecule has 2 fully saturated rings. The Hall–Kier alpha value is -2.35. The van der Waals surface area contributed by atoms with Crippen LogP contribution in [0.25, 0.3) is 0 Å². The van der Waals surface area contributed by atoms with E-state index in [2.05, 4.69) is 25.9 Å². The molecule has 2 heterocycles. The summed E-state index contributed by atoms with van der Waals surface area (Å²) in [5.74, 6) is 1.51. The molecular formula is C20H25N5O2S. The molecule has 7 nitrogen and oxygen atoms in total. The van der Waals surface area contributed by atoms with Crippen LogP contribution in [-0.4, -0.2) is 34.4 Å². The Bertz CT molecular complexity index is 883. The molecule has 4 N–H and O–H groups in total. The molecule has 0 saturated heterocycles. The van der Waals surface area contributed by atoms with Crippen molar-refractivity contribution in [3.05, 3.63) is 28.4 Å². The van der Waals surface area contributed by atoms with Gasteiger partial charge in [0.2, 0.25) is 5.91 Å². The Morgan fingerprint density at radius 1 is 1.21 bits per heavy atom. The van der Waals surface area contributed by atoms with Crippen LogP contribution in [0.5, 0.6) is 0 Å². The molecule has 28 heavy (non-hydrogen) atoms. The zero-order valence-corrected chi connectivity index (χ0v) is 16.5. The van der Waals surface area contributed by atoms with Gasteiger partial charge in [0.1, 0.15) is 5.00 Å². The van der Waals surface area contributed by atoms with E-state index in [1.165, 1.54) is 17.7 Å². The number of H-pyrrole nitrogens is 1. The van der Waals surface area contributed by atoms with Crippen LogP contribution in [0.2, 0.25) is 0 Å². The van der Waals surface area contributed by atoms with Crippen LogP contribution in [0.15, 0.2) is 12.4 Å². The van der Waals surface area contributed by atoms with Crippen LogP contribution in [0.3, 0.4) is 0 Å². The van der Waals surface area contributed by atoms with E-state index in [9.17, 15) is 9.59 Å². The Morgan fingerprint density at radius 3 is 2.79 bits per heavy atom. The van der Waals surface area contributed by atoms with E-state index in [1.807, 2.05) is 0 Å². The molecule has 2 aromatic rings. The second kappa shape index (κ2) is 7.24. The maximum atomic E-state index is 13.0. The molecule has 1 atom stereocenters. The first-order chi connectivity index (χ1) is 13.7. The fourth-order valence-corrected chi connectivity index (χ4v) is 5.02. The van der Waals surface area contributed by atoms with Gasteiger partial charge in [-0.2, -0.15) is 0 Å². The minimum absolute atomic E-state index is 0.0471. The third-order valence-electron chi connectivity index (χ3n) is 5.76. The molecule has 3 aliphatic carbocycles. The van der Waals surface area contributed by atoms with E-state index in [4.69, 9.17) is 0 Å². The first-order valence-electron chi connectivity index (χ1n) is 10.2. The molecular weight excluding hydrogens is 374 g/mol. The van der Waals surface area contributed by atoms with Gasteiger partial charge in [0.05, 0.1) is 5.56 Å². The summed E-state index contributed by atoms with van der Waals surface area (Å²) in [7, 11) is 0. The summed E-state index contributed by atoms with van der Waals surface area (Å²) in [6.45, 7) is 0.730. The standard InChI is InChI=1S/C20H25N5O2S/c26-17(12-3-4-12)25-19-16(18(27)23-10-11-1-2-11)14-9-13(5-6-15(14)28-19)24-20-21-7-8-22-20/h7-8,11-13H,1-6,9-10H2,(H,23,27)(H,25,26)(H2,21,22,24)/t13-/m0/s1. The van der Waals surface area contributed by atoms with Gasteiger partial charge in [-0.25, -0.2) is 4.98 Å². The van der Waals surface area contributed by atoms with Crippen molar-refractivity contribution in [1.29, 1.82) is 0 Å². The van der Waals surface area contributed by atoms with Crippen LogP contribution >= 0.6 is 11.3 Å². The Morgan fingerprint density at radius 2 is 2.07 bits per heavy atom. The summed E-state index contributed by atoms with van der Waals surface area (Å²) in [5, 5.41) is 10.3. The number of imidazole rings is 1. The normalized spacial score (nSPS) is 21.1. The fourth-order valence-electron chi connectivity index (χ4n) is 3.78. The third-order valence-corrected chi connectivity index (χ3v) is 6.97. The van der Waals surface area contributed by atoms with Crippen molar-refractivity contribution in [3.63, 3.8) is 0 Å². The SMILES string of the molecule is O=C(NCC1CC1)c1c(NC(=O)C2CC2)sc2c1C[C@@H](Nc1ncc[nH]1)CC2. The molecule has 0 aliphatic heterocycles. The summed E-state index contributed by atoms with van der Waals surface area (Å²) in [6.07, 6.45) is 10.5. The van der Waals surface area contributed by atoms with E-state index in [-0.39, 0.29) is 23.8 Å². The van der Waals surface area contributed by atoms with Gasteiger partial charge in [0, 0.05) is 35.8 Å². The number of nitrogens with one attached hydrogen (secondary N) is 4. The molecule has 5 rings (SSSR count). The van der Waals surface area contributed by atoms with Crippen molar-refractivity contribution >= 4 is 34.1 Å².